The number of phenolic OH excluding ortho intramolecular Hbond substituents is 1. The summed E-state index contributed by atoms with van der Waals surface area (Å²) in [4.78, 5) is 10.8. The van der Waals surface area contributed by atoms with E-state index in [1.165, 1.54) is 0 Å². The number of fused-ring (bicyclic) bond motifs is 1. The number of rotatable bonds is 1. The Labute approximate surface area is 102 Å². The van der Waals surface area contributed by atoms with Gasteiger partial charge in [0.2, 0.25) is 0 Å². The van der Waals surface area contributed by atoms with Crippen molar-refractivity contribution in [3.63, 3.8) is 0 Å². The van der Waals surface area contributed by atoms with Crippen LogP contribution in [0.1, 0.15) is 17.5 Å². The number of hydrogen-bond acceptors (Lipinski definition) is 2. The fourth-order valence-electron chi connectivity index (χ4n) is 2.18. The zero-order chi connectivity index (χ0) is 13.3. The van der Waals surface area contributed by atoms with Crippen molar-refractivity contribution < 1.29 is 23.1 Å². The van der Waals surface area contributed by atoms with Gasteiger partial charge in [0, 0.05) is 6.04 Å². The van der Waals surface area contributed by atoms with E-state index in [4.69, 9.17) is 0 Å². The second kappa shape index (κ2) is 4.51. The highest BCUT2D eigenvalue weighted by molar-refractivity contribution is 5.82. The van der Waals surface area contributed by atoms with Crippen LogP contribution in [0.4, 0.5) is 13.2 Å². The highest BCUT2D eigenvalue weighted by Crippen LogP contribution is 2.29. The third kappa shape index (κ3) is 2.57. The number of carbonyl (C=O) groups excluding carboxylic acids is 1. The van der Waals surface area contributed by atoms with E-state index in [0.717, 1.165) is 11.1 Å². The predicted octanol–water partition coefficient (Wildman–Crippen LogP) is 1.93. The molecule has 0 fully saturated rings. The molecule has 0 bridgehead atoms. The van der Waals surface area contributed by atoms with E-state index in [0.29, 0.717) is 19.3 Å². The molecule has 3 nitrogen and oxygen atoms in total. The SMILES string of the molecule is O=C(N[C@H]1CCc2c(O)cccc2C1)C(F)(F)F. The minimum atomic E-state index is -4.85. The fourth-order valence-corrected chi connectivity index (χ4v) is 2.18. The lowest BCUT2D eigenvalue weighted by atomic mass is 9.87. The minimum absolute atomic E-state index is 0.160. The molecule has 0 aliphatic heterocycles. The molecule has 6 heteroatoms. The molecular formula is C12H12F3NO2. The Hall–Kier alpha value is -1.72. The lowest BCUT2D eigenvalue weighted by Crippen LogP contribution is -2.45. The monoisotopic (exact) mass is 259 g/mol. The molecule has 0 aromatic heterocycles. The van der Waals surface area contributed by atoms with E-state index in [1.54, 1.807) is 18.2 Å². The zero-order valence-electron chi connectivity index (χ0n) is 9.42. The van der Waals surface area contributed by atoms with Gasteiger partial charge in [-0.05, 0) is 36.5 Å². The van der Waals surface area contributed by atoms with Gasteiger partial charge in [-0.2, -0.15) is 13.2 Å². The molecule has 98 valence electrons. The van der Waals surface area contributed by atoms with Crippen LogP contribution >= 0.6 is 0 Å². The van der Waals surface area contributed by atoms with Crippen LogP contribution in [0.3, 0.4) is 0 Å². The molecule has 1 atom stereocenters. The molecule has 18 heavy (non-hydrogen) atoms. The summed E-state index contributed by atoms with van der Waals surface area (Å²) < 4.78 is 36.3. The van der Waals surface area contributed by atoms with Crippen LogP contribution in [0.2, 0.25) is 0 Å². The number of phenols is 1. The molecule has 1 amide bonds. The van der Waals surface area contributed by atoms with E-state index in [-0.39, 0.29) is 5.75 Å². The highest BCUT2D eigenvalue weighted by Gasteiger charge is 2.40. The largest absolute Gasteiger partial charge is 0.508 e. The maximum atomic E-state index is 12.1. The number of hydrogen-bond donors (Lipinski definition) is 2. The third-order valence-corrected chi connectivity index (χ3v) is 3.05. The smallest absolute Gasteiger partial charge is 0.471 e. The third-order valence-electron chi connectivity index (χ3n) is 3.05. The summed E-state index contributed by atoms with van der Waals surface area (Å²) in [6, 6.07) is 4.41. The number of nitrogens with one attached hydrogen (secondary N) is 1. The summed E-state index contributed by atoms with van der Waals surface area (Å²) in [6.45, 7) is 0. The first-order valence-corrected chi connectivity index (χ1v) is 5.55. The van der Waals surface area contributed by atoms with Gasteiger partial charge < -0.3 is 10.4 Å². The van der Waals surface area contributed by atoms with Crippen molar-refractivity contribution in [1.29, 1.82) is 0 Å². The Balaban J connectivity index is 2.07. The van der Waals surface area contributed by atoms with E-state index in [1.807, 2.05) is 5.32 Å². The number of carbonyl (C=O) groups is 1. The average molecular weight is 259 g/mol. The van der Waals surface area contributed by atoms with Crippen LogP contribution in [0, 0.1) is 0 Å². The summed E-state index contributed by atoms with van der Waals surface area (Å²) in [6.07, 6.45) is -3.68. The average Bonchev–Trinajstić information content (AvgIpc) is 2.28. The van der Waals surface area contributed by atoms with E-state index >= 15 is 0 Å². The summed E-state index contributed by atoms with van der Waals surface area (Å²) >= 11 is 0. The van der Waals surface area contributed by atoms with Crippen molar-refractivity contribution in [3.8, 4) is 5.75 Å². The van der Waals surface area contributed by atoms with Crippen LogP contribution in [0.15, 0.2) is 18.2 Å². The van der Waals surface area contributed by atoms with Gasteiger partial charge in [0.05, 0.1) is 0 Å². The molecule has 0 saturated heterocycles. The van der Waals surface area contributed by atoms with Gasteiger partial charge in [0.15, 0.2) is 0 Å². The minimum Gasteiger partial charge on any atom is -0.508 e. The van der Waals surface area contributed by atoms with Gasteiger partial charge in [0.25, 0.3) is 0 Å². The second-order valence-corrected chi connectivity index (χ2v) is 4.33. The number of aromatic hydroxyl groups is 1. The molecule has 1 aliphatic carbocycles. The molecule has 1 aromatic carbocycles. The van der Waals surface area contributed by atoms with Gasteiger partial charge in [0.1, 0.15) is 5.75 Å². The van der Waals surface area contributed by atoms with Crippen LogP contribution in [0.25, 0.3) is 0 Å². The Kier molecular flexibility index (Phi) is 3.19. The second-order valence-electron chi connectivity index (χ2n) is 4.33. The fraction of sp³-hybridized carbons (Fsp3) is 0.417. The summed E-state index contributed by atoms with van der Waals surface area (Å²) in [5.74, 6) is -1.75. The van der Waals surface area contributed by atoms with Crippen LogP contribution in [-0.2, 0) is 17.6 Å². The van der Waals surface area contributed by atoms with Crippen molar-refractivity contribution in [2.24, 2.45) is 0 Å². The first-order valence-electron chi connectivity index (χ1n) is 5.55. The quantitative estimate of drug-likeness (QED) is 0.809. The molecule has 1 aliphatic rings. The zero-order valence-corrected chi connectivity index (χ0v) is 9.42. The van der Waals surface area contributed by atoms with Crippen molar-refractivity contribution >= 4 is 5.91 Å². The van der Waals surface area contributed by atoms with Crippen molar-refractivity contribution in [2.45, 2.75) is 31.5 Å². The standard InChI is InChI=1S/C12H12F3NO2/c13-12(14,15)11(18)16-8-4-5-9-7(6-8)2-1-3-10(9)17/h1-3,8,17H,4-6H2,(H,16,18)/t8-/m0/s1. The topological polar surface area (TPSA) is 49.3 Å². The Morgan fingerprint density at radius 1 is 1.39 bits per heavy atom. The molecule has 2 N–H and O–H groups in total. The van der Waals surface area contributed by atoms with Gasteiger partial charge >= 0.3 is 12.1 Å². The molecule has 0 radical (unpaired) electrons. The first-order chi connectivity index (χ1) is 8.38. The normalized spacial score (nSPS) is 19.2. The summed E-state index contributed by atoms with van der Waals surface area (Å²) in [5.41, 5.74) is 1.55. The van der Waals surface area contributed by atoms with Gasteiger partial charge in [-0.1, -0.05) is 12.1 Å². The van der Waals surface area contributed by atoms with Crippen LogP contribution in [0.5, 0.6) is 5.75 Å². The Bertz CT molecular complexity index is 471. The van der Waals surface area contributed by atoms with Crippen LogP contribution < -0.4 is 5.32 Å². The molecule has 1 aromatic rings. The van der Waals surface area contributed by atoms with Gasteiger partial charge in [-0.25, -0.2) is 0 Å². The molecular weight excluding hydrogens is 247 g/mol. The Morgan fingerprint density at radius 3 is 2.78 bits per heavy atom. The summed E-state index contributed by atoms with van der Waals surface area (Å²) in [5, 5.41) is 11.6. The predicted molar refractivity (Wildman–Crippen MR) is 58.1 cm³/mol. The van der Waals surface area contributed by atoms with E-state index in [9.17, 15) is 23.1 Å². The first kappa shape index (κ1) is 12.7. The molecule has 0 unspecified atom stereocenters. The summed E-state index contributed by atoms with van der Waals surface area (Å²) in [7, 11) is 0. The van der Waals surface area contributed by atoms with Crippen LogP contribution in [-0.4, -0.2) is 23.2 Å². The van der Waals surface area contributed by atoms with E-state index < -0.39 is 18.1 Å². The van der Waals surface area contributed by atoms with Crippen molar-refractivity contribution in [2.75, 3.05) is 0 Å². The van der Waals surface area contributed by atoms with Gasteiger partial charge in [-0.3, -0.25) is 4.79 Å². The molecule has 0 spiro atoms. The molecule has 0 saturated carbocycles. The van der Waals surface area contributed by atoms with Gasteiger partial charge in [-0.15, -0.1) is 0 Å². The number of halogens is 3. The lowest BCUT2D eigenvalue weighted by molar-refractivity contribution is -0.174. The number of alkyl halides is 3. The maximum absolute atomic E-state index is 12.1. The number of amides is 1. The highest BCUT2D eigenvalue weighted by atomic mass is 19.4. The molecule has 2 rings (SSSR count). The van der Waals surface area contributed by atoms with E-state index in [2.05, 4.69) is 0 Å². The number of benzene rings is 1. The van der Waals surface area contributed by atoms with Crippen molar-refractivity contribution in [3.05, 3.63) is 29.3 Å². The Morgan fingerprint density at radius 2 is 2.11 bits per heavy atom. The van der Waals surface area contributed by atoms with Crippen molar-refractivity contribution in [1.82, 2.24) is 5.32 Å². The molecule has 0 heterocycles. The lowest BCUT2D eigenvalue weighted by Gasteiger charge is -2.26. The maximum Gasteiger partial charge on any atom is 0.471 e.